The van der Waals surface area contributed by atoms with E-state index in [9.17, 15) is 10.2 Å². The Hall–Kier alpha value is -2.04. The zero-order valence-electron chi connectivity index (χ0n) is 16.2. The lowest BCUT2D eigenvalue weighted by Gasteiger charge is -2.33. The van der Waals surface area contributed by atoms with Gasteiger partial charge >= 0.3 is 0 Å². The molecule has 0 amide bonds. The first-order valence-electron chi connectivity index (χ1n) is 10.1. The molecule has 2 aromatic carbocycles. The summed E-state index contributed by atoms with van der Waals surface area (Å²) in [6, 6.07) is 16.0. The average molecular weight is 371 g/mol. The molecule has 0 spiro atoms. The van der Waals surface area contributed by atoms with Crippen LogP contribution >= 0.6 is 0 Å². The van der Waals surface area contributed by atoms with E-state index in [4.69, 9.17) is 4.74 Å². The largest absolute Gasteiger partial charge is 0.507 e. The van der Waals surface area contributed by atoms with E-state index in [1.54, 1.807) is 6.07 Å². The number of ether oxygens (including phenoxy) is 1. The maximum absolute atomic E-state index is 10.6. The van der Waals surface area contributed by atoms with Gasteiger partial charge in [0.25, 0.3) is 0 Å². The predicted octanol–water partition coefficient (Wildman–Crippen LogP) is 2.86. The van der Waals surface area contributed by atoms with Crippen LogP contribution in [0.1, 0.15) is 43.2 Å². The number of aliphatic hydroxyl groups is 1. The van der Waals surface area contributed by atoms with E-state index in [1.165, 1.54) is 37.0 Å². The summed E-state index contributed by atoms with van der Waals surface area (Å²) in [5.41, 5.74) is 2.03. The smallest absolute Gasteiger partial charge is 0.137 e. The van der Waals surface area contributed by atoms with E-state index in [1.807, 2.05) is 49.4 Å². The Bertz CT molecular complexity index is 712. The molecule has 2 aromatic rings. The summed E-state index contributed by atoms with van der Waals surface area (Å²) >= 11 is 0. The third kappa shape index (κ3) is 5.72. The number of hydrogen-bond acceptors (Lipinski definition) is 3. The molecule has 0 bridgehead atoms. The van der Waals surface area contributed by atoms with Gasteiger partial charge in [0, 0.05) is 5.56 Å². The molecule has 1 saturated carbocycles. The topological polar surface area (TPSA) is 54.1 Å². The maximum atomic E-state index is 10.6. The zero-order chi connectivity index (χ0) is 19.1. The minimum Gasteiger partial charge on any atom is -0.507 e. The number of aromatic hydroxyl groups is 1. The van der Waals surface area contributed by atoms with E-state index in [0.29, 0.717) is 24.9 Å². The van der Waals surface area contributed by atoms with Gasteiger partial charge in [0.05, 0.1) is 6.04 Å². The average Bonchev–Trinajstić information content (AvgIpc) is 2.69. The first-order chi connectivity index (χ1) is 13.1. The normalized spacial score (nSPS) is 17.4. The Balaban J connectivity index is 1.63. The number of rotatable bonds is 8. The fourth-order valence-corrected chi connectivity index (χ4v) is 4.06. The third-order valence-electron chi connectivity index (χ3n) is 5.61. The monoisotopic (exact) mass is 370 g/mol. The SMILES string of the molecule is Cc1ccccc1OC[C@H](O)C[NH+](Cc1ccccc1O)C1CCCCC1. The van der Waals surface area contributed by atoms with Gasteiger partial charge in [-0.3, -0.25) is 0 Å². The third-order valence-corrected chi connectivity index (χ3v) is 5.61. The van der Waals surface area contributed by atoms with Gasteiger partial charge in [-0.1, -0.05) is 36.8 Å². The molecule has 4 nitrogen and oxygen atoms in total. The van der Waals surface area contributed by atoms with Crippen LogP contribution < -0.4 is 9.64 Å². The number of hydrogen-bond donors (Lipinski definition) is 3. The first-order valence-corrected chi connectivity index (χ1v) is 10.1. The van der Waals surface area contributed by atoms with E-state index in [0.717, 1.165) is 23.4 Å². The van der Waals surface area contributed by atoms with Crippen molar-refractivity contribution < 1.29 is 19.8 Å². The summed E-state index contributed by atoms with van der Waals surface area (Å²) in [5.74, 6) is 1.17. The zero-order valence-corrected chi connectivity index (χ0v) is 16.2. The number of quaternary nitrogens is 1. The molecule has 27 heavy (non-hydrogen) atoms. The predicted molar refractivity (Wildman–Crippen MR) is 107 cm³/mol. The number of aliphatic hydroxyl groups excluding tert-OH is 1. The van der Waals surface area contributed by atoms with Crippen molar-refractivity contribution in [1.29, 1.82) is 0 Å². The molecule has 0 radical (unpaired) electrons. The molecule has 146 valence electrons. The van der Waals surface area contributed by atoms with Gasteiger partial charge in [0.2, 0.25) is 0 Å². The molecule has 0 aliphatic heterocycles. The first kappa shape index (κ1) is 19.7. The van der Waals surface area contributed by atoms with Crippen LogP contribution in [-0.4, -0.2) is 35.5 Å². The highest BCUT2D eigenvalue weighted by molar-refractivity contribution is 5.32. The van der Waals surface area contributed by atoms with Crippen molar-refractivity contribution in [2.45, 2.75) is 57.7 Å². The number of phenolic OH excluding ortho intramolecular Hbond substituents is 1. The lowest BCUT2D eigenvalue weighted by Crippen LogP contribution is -3.15. The van der Waals surface area contributed by atoms with Crippen molar-refractivity contribution in [3.63, 3.8) is 0 Å². The second-order valence-corrected chi connectivity index (χ2v) is 7.73. The quantitative estimate of drug-likeness (QED) is 0.670. The molecule has 1 unspecified atom stereocenters. The van der Waals surface area contributed by atoms with Gasteiger partial charge < -0.3 is 19.8 Å². The van der Waals surface area contributed by atoms with Crippen LogP contribution in [0.5, 0.6) is 11.5 Å². The molecule has 1 aliphatic rings. The van der Waals surface area contributed by atoms with E-state index >= 15 is 0 Å². The molecule has 2 atom stereocenters. The molecule has 0 aromatic heterocycles. The summed E-state index contributed by atoms with van der Waals surface area (Å²) in [5, 5.41) is 20.8. The van der Waals surface area contributed by atoms with E-state index < -0.39 is 6.10 Å². The standard InChI is InChI=1S/C23H31NO3/c1-18-9-5-8-14-23(18)27-17-21(25)16-24(20-11-3-2-4-12-20)15-19-10-6-7-13-22(19)26/h5-10,13-14,20-21,25-26H,2-4,11-12,15-17H2,1H3/p+1/t21-/m1/s1. The van der Waals surface area contributed by atoms with Crippen LogP contribution in [0.3, 0.4) is 0 Å². The second-order valence-electron chi connectivity index (χ2n) is 7.73. The Kier molecular flexibility index (Phi) is 7.13. The Morgan fingerprint density at radius 2 is 1.74 bits per heavy atom. The van der Waals surface area contributed by atoms with Crippen LogP contribution in [0, 0.1) is 6.92 Å². The van der Waals surface area contributed by atoms with Crippen LogP contribution in [0.25, 0.3) is 0 Å². The van der Waals surface area contributed by atoms with Gasteiger partial charge in [-0.2, -0.15) is 0 Å². The molecular formula is C23H32NO3+. The van der Waals surface area contributed by atoms with Gasteiger partial charge in [-0.15, -0.1) is 0 Å². The van der Waals surface area contributed by atoms with E-state index in [2.05, 4.69) is 0 Å². The van der Waals surface area contributed by atoms with Crippen molar-refractivity contribution in [3.8, 4) is 11.5 Å². The Morgan fingerprint density at radius 1 is 1.04 bits per heavy atom. The highest BCUT2D eigenvalue weighted by Gasteiger charge is 2.27. The van der Waals surface area contributed by atoms with Crippen LogP contribution in [0.2, 0.25) is 0 Å². The number of benzene rings is 2. The van der Waals surface area contributed by atoms with Crippen molar-refractivity contribution in [2.75, 3.05) is 13.2 Å². The van der Waals surface area contributed by atoms with Crippen molar-refractivity contribution in [3.05, 3.63) is 59.7 Å². The molecule has 0 saturated heterocycles. The second kappa shape index (κ2) is 9.77. The fourth-order valence-electron chi connectivity index (χ4n) is 4.06. The van der Waals surface area contributed by atoms with Gasteiger partial charge in [-0.25, -0.2) is 0 Å². The maximum Gasteiger partial charge on any atom is 0.137 e. The highest BCUT2D eigenvalue weighted by Crippen LogP contribution is 2.19. The molecule has 1 fully saturated rings. The summed E-state index contributed by atoms with van der Waals surface area (Å²) in [6.45, 7) is 3.67. The Morgan fingerprint density at radius 3 is 2.48 bits per heavy atom. The highest BCUT2D eigenvalue weighted by atomic mass is 16.5. The lowest BCUT2D eigenvalue weighted by atomic mass is 9.93. The van der Waals surface area contributed by atoms with Crippen LogP contribution in [-0.2, 0) is 6.54 Å². The molecule has 0 heterocycles. The fraction of sp³-hybridized carbons (Fsp3) is 0.478. The van der Waals surface area contributed by atoms with Gasteiger partial charge in [0.1, 0.15) is 37.3 Å². The minimum absolute atomic E-state index is 0.293. The number of para-hydroxylation sites is 2. The molecule has 1 aliphatic carbocycles. The van der Waals surface area contributed by atoms with Gasteiger partial charge in [-0.05, 0) is 56.4 Å². The van der Waals surface area contributed by atoms with Crippen LogP contribution in [0.15, 0.2) is 48.5 Å². The molecule has 4 heteroatoms. The van der Waals surface area contributed by atoms with E-state index in [-0.39, 0.29) is 0 Å². The van der Waals surface area contributed by atoms with Crippen molar-refractivity contribution >= 4 is 0 Å². The van der Waals surface area contributed by atoms with Crippen LogP contribution in [0.4, 0.5) is 0 Å². The molecule has 3 rings (SSSR count). The lowest BCUT2D eigenvalue weighted by molar-refractivity contribution is -0.943. The number of nitrogens with one attached hydrogen (secondary N) is 1. The Labute approximate surface area is 162 Å². The number of phenols is 1. The summed E-state index contributed by atoms with van der Waals surface area (Å²) < 4.78 is 5.85. The minimum atomic E-state index is -0.535. The summed E-state index contributed by atoms with van der Waals surface area (Å²) in [7, 11) is 0. The van der Waals surface area contributed by atoms with Crippen molar-refractivity contribution in [2.24, 2.45) is 0 Å². The van der Waals surface area contributed by atoms with Gasteiger partial charge in [0.15, 0.2) is 0 Å². The van der Waals surface area contributed by atoms with Crippen molar-refractivity contribution in [1.82, 2.24) is 0 Å². The molecular weight excluding hydrogens is 338 g/mol. The molecule has 3 N–H and O–H groups in total. The number of aryl methyl sites for hydroxylation is 1. The summed E-state index contributed by atoms with van der Waals surface area (Å²) in [4.78, 5) is 1.34. The summed E-state index contributed by atoms with van der Waals surface area (Å²) in [6.07, 6.45) is 5.66.